The van der Waals surface area contributed by atoms with Crippen LogP contribution in [0.4, 0.5) is 5.69 Å². The van der Waals surface area contributed by atoms with E-state index in [1.54, 1.807) is 19.1 Å². The van der Waals surface area contributed by atoms with Crippen LogP contribution in [0.3, 0.4) is 0 Å². The number of ether oxygens (including phenoxy) is 1. The van der Waals surface area contributed by atoms with Gasteiger partial charge in [-0.15, -0.1) is 0 Å². The van der Waals surface area contributed by atoms with Crippen molar-refractivity contribution in [3.05, 3.63) is 52.8 Å². The van der Waals surface area contributed by atoms with Gasteiger partial charge in [0.15, 0.2) is 0 Å². The van der Waals surface area contributed by atoms with Crippen molar-refractivity contribution in [1.82, 2.24) is 4.57 Å². The van der Waals surface area contributed by atoms with E-state index in [2.05, 4.69) is 29.5 Å². The van der Waals surface area contributed by atoms with Gasteiger partial charge in [0.05, 0.1) is 17.9 Å². The predicted octanol–water partition coefficient (Wildman–Crippen LogP) is 3.57. The fraction of sp³-hybridized carbons (Fsp3) is 0.294. The molecule has 0 aliphatic rings. The lowest BCUT2D eigenvalue weighted by Crippen LogP contribution is -2.03. The number of hydrogen-bond donors (Lipinski definition) is 0. The SMILES string of the molecule is CCOC(=O)c1cccc(N=Cc2cc(C)n(C)c2C)c1. The van der Waals surface area contributed by atoms with Gasteiger partial charge >= 0.3 is 5.97 Å². The minimum Gasteiger partial charge on any atom is -0.462 e. The first-order valence-electron chi connectivity index (χ1n) is 6.97. The zero-order valence-electron chi connectivity index (χ0n) is 12.9. The van der Waals surface area contributed by atoms with Crippen LogP contribution in [0.15, 0.2) is 35.3 Å². The summed E-state index contributed by atoms with van der Waals surface area (Å²) in [5, 5.41) is 0. The van der Waals surface area contributed by atoms with Gasteiger partial charge in [0, 0.05) is 30.2 Å². The topological polar surface area (TPSA) is 43.6 Å². The van der Waals surface area contributed by atoms with Crippen LogP contribution in [0, 0.1) is 13.8 Å². The number of carbonyl (C=O) groups is 1. The van der Waals surface area contributed by atoms with Crippen molar-refractivity contribution in [3.8, 4) is 0 Å². The molecule has 4 heteroatoms. The molecule has 1 heterocycles. The molecule has 0 bridgehead atoms. The van der Waals surface area contributed by atoms with E-state index in [1.165, 1.54) is 5.69 Å². The van der Waals surface area contributed by atoms with Crippen LogP contribution in [0.1, 0.15) is 34.2 Å². The van der Waals surface area contributed by atoms with Gasteiger partial charge in [0.2, 0.25) is 0 Å². The number of aryl methyl sites for hydroxylation is 1. The van der Waals surface area contributed by atoms with Crippen molar-refractivity contribution in [2.45, 2.75) is 20.8 Å². The van der Waals surface area contributed by atoms with E-state index < -0.39 is 0 Å². The van der Waals surface area contributed by atoms with Gasteiger partial charge < -0.3 is 9.30 Å². The second kappa shape index (κ2) is 6.39. The van der Waals surface area contributed by atoms with E-state index in [1.807, 2.05) is 25.4 Å². The van der Waals surface area contributed by atoms with Crippen molar-refractivity contribution < 1.29 is 9.53 Å². The maximum absolute atomic E-state index is 11.7. The Morgan fingerprint density at radius 1 is 1.33 bits per heavy atom. The third-order valence-corrected chi connectivity index (χ3v) is 3.52. The zero-order chi connectivity index (χ0) is 15.4. The lowest BCUT2D eigenvalue weighted by molar-refractivity contribution is 0.0526. The summed E-state index contributed by atoms with van der Waals surface area (Å²) in [6.07, 6.45) is 1.83. The Morgan fingerprint density at radius 2 is 2.10 bits per heavy atom. The molecular formula is C17H20N2O2. The first-order valence-corrected chi connectivity index (χ1v) is 6.97. The molecule has 1 aromatic heterocycles. The molecule has 110 valence electrons. The molecule has 0 saturated carbocycles. The number of carbonyl (C=O) groups excluding carboxylic acids is 1. The Labute approximate surface area is 125 Å². The maximum Gasteiger partial charge on any atom is 0.338 e. The minimum absolute atomic E-state index is 0.318. The van der Waals surface area contributed by atoms with Crippen LogP contribution in [0.2, 0.25) is 0 Å². The number of nitrogens with zero attached hydrogens (tertiary/aromatic N) is 2. The van der Waals surface area contributed by atoms with Crippen LogP contribution in [-0.2, 0) is 11.8 Å². The minimum atomic E-state index is -0.318. The van der Waals surface area contributed by atoms with E-state index in [0.29, 0.717) is 12.2 Å². The molecule has 0 atom stereocenters. The molecule has 0 amide bonds. The van der Waals surface area contributed by atoms with Crippen molar-refractivity contribution in [3.63, 3.8) is 0 Å². The van der Waals surface area contributed by atoms with Crippen molar-refractivity contribution in [1.29, 1.82) is 0 Å². The predicted molar refractivity (Wildman–Crippen MR) is 84.5 cm³/mol. The summed E-state index contributed by atoms with van der Waals surface area (Å²) in [4.78, 5) is 16.1. The molecule has 0 saturated heterocycles. The van der Waals surface area contributed by atoms with Crippen LogP contribution < -0.4 is 0 Å². The molecule has 0 aliphatic heterocycles. The second-order valence-electron chi connectivity index (χ2n) is 4.91. The standard InChI is InChI=1S/C17H20N2O2/c1-5-21-17(20)14-7-6-8-16(10-14)18-11-15-9-12(2)19(4)13(15)3/h6-11H,5H2,1-4H3. The van der Waals surface area contributed by atoms with Gasteiger partial charge in [-0.2, -0.15) is 0 Å². The third kappa shape index (κ3) is 3.40. The molecule has 21 heavy (non-hydrogen) atoms. The smallest absolute Gasteiger partial charge is 0.338 e. The lowest BCUT2D eigenvalue weighted by atomic mass is 10.2. The first kappa shape index (κ1) is 15.0. The summed E-state index contributed by atoms with van der Waals surface area (Å²) >= 11 is 0. The van der Waals surface area contributed by atoms with Gasteiger partial charge in [-0.25, -0.2) is 4.79 Å². The number of rotatable bonds is 4. The average Bonchev–Trinajstić information content (AvgIpc) is 2.73. The normalized spacial score (nSPS) is 11.0. The number of benzene rings is 1. The second-order valence-corrected chi connectivity index (χ2v) is 4.91. The van der Waals surface area contributed by atoms with Crippen LogP contribution in [0.25, 0.3) is 0 Å². The van der Waals surface area contributed by atoms with Crippen LogP contribution in [0.5, 0.6) is 0 Å². The van der Waals surface area contributed by atoms with E-state index in [9.17, 15) is 4.79 Å². The molecule has 0 spiro atoms. The van der Waals surface area contributed by atoms with E-state index in [4.69, 9.17) is 4.74 Å². The summed E-state index contributed by atoms with van der Waals surface area (Å²) in [6, 6.07) is 9.23. The fourth-order valence-corrected chi connectivity index (χ4v) is 2.09. The molecule has 1 aromatic carbocycles. The first-order chi connectivity index (χ1) is 10.0. The fourth-order valence-electron chi connectivity index (χ4n) is 2.09. The highest BCUT2D eigenvalue weighted by atomic mass is 16.5. The van der Waals surface area contributed by atoms with Gasteiger partial charge in [0.25, 0.3) is 0 Å². The van der Waals surface area contributed by atoms with Gasteiger partial charge in [0.1, 0.15) is 0 Å². The lowest BCUT2D eigenvalue weighted by Gasteiger charge is -2.02. The molecular weight excluding hydrogens is 264 g/mol. The summed E-state index contributed by atoms with van der Waals surface area (Å²) in [7, 11) is 2.03. The quantitative estimate of drug-likeness (QED) is 0.636. The summed E-state index contributed by atoms with van der Waals surface area (Å²) < 4.78 is 7.11. The molecule has 2 rings (SSSR count). The molecule has 2 aromatic rings. The van der Waals surface area contributed by atoms with E-state index in [-0.39, 0.29) is 5.97 Å². The highest BCUT2D eigenvalue weighted by Crippen LogP contribution is 2.17. The Balaban J connectivity index is 2.23. The molecule has 0 aliphatic carbocycles. The van der Waals surface area contributed by atoms with Crippen molar-refractivity contribution in [2.75, 3.05) is 6.61 Å². The van der Waals surface area contributed by atoms with E-state index >= 15 is 0 Å². The summed E-state index contributed by atoms with van der Waals surface area (Å²) in [5.41, 5.74) is 4.69. The number of esters is 1. The molecule has 0 unspecified atom stereocenters. The Hall–Kier alpha value is -2.36. The summed E-state index contributed by atoms with van der Waals surface area (Å²) in [6.45, 7) is 6.28. The van der Waals surface area contributed by atoms with Crippen LogP contribution >= 0.6 is 0 Å². The summed E-state index contributed by atoms with van der Waals surface area (Å²) in [5.74, 6) is -0.318. The maximum atomic E-state index is 11.7. The van der Waals surface area contributed by atoms with Crippen molar-refractivity contribution in [2.24, 2.45) is 12.0 Å². The largest absolute Gasteiger partial charge is 0.462 e. The Bertz CT molecular complexity index is 684. The Kier molecular flexibility index (Phi) is 4.58. The van der Waals surface area contributed by atoms with Gasteiger partial charge in [-0.05, 0) is 45.0 Å². The highest BCUT2D eigenvalue weighted by Gasteiger charge is 2.07. The highest BCUT2D eigenvalue weighted by molar-refractivity contribution is 5.91. The van der Waals surface area contributed by atoms with E-state index in [0.717, 1.165) is 16.9 Å². The molecule has 0 N–H and O–H groups in total. The number of hydrogen-bond acceptors (Lipinski definition) is 3. The monoisotopic (exact) mass is 284 g/mol. The number of aliphatic imine (C=N–C) groups is 1. The number of aromatic nitrogens is 1. The Morgan fingerprint density at radius 3 is 2.71 bits per heavy atom. The van der Waals surface area contributed by atoms with Gasteiger partial charge in [-0.3, -0.25) is 4.99 Å². The third-order valence-electron chi connectivity index (χ3n) is 3.52. The molecule has 0 radical (unpaired) electrons. The molecule has 4 nitrogen and oxygen atoms in total. The van der Waals surface area contributed by atoms with Crippen molar-refractivity contribution >= 4 is 17.9 Å². The van der Waals surface area contributed by atoms with Crippen LogP contribution in [-0.4, -0.2) is 23.4 Å². The zero-order valence-corrected chi connectivity index (χ0v) is 12.9. The van der Waals surface area contributed by atoms with Gasteiger partial charge in [-0.1, -0.05) is 6.07 Å². The molecule has 0 fully saturated rings. The average molecular weight is 284 g/mol.